The maximum atomic E-state index is 3.75. The molecule has 0 amide bonds. The molecule has 0 aliphatic rings. The van der Waals surface area contributed by atoms with Crippen molar-refractivity contribution in [1.29, 1.82) is 0 Å². The molecule has 0 aliphatic heterocycles. The van der Waals surface area contributed by atoms with Gasteiger partial charge < -0.3 is 0 Å². The summed E-state index contributed by atoms with van der Waals surface area (Å²) in [5, 5.41) is 0. The van der Waals surface area contributed by atoms with Gasteiger partial charge >= 0.3 is 0 Å². The van der Waals surface area contributed by atoms with Crippen LogP contribution in [0.5, 0.6) is 0 Å². The van der Waals surface area contributed by atoms with E-state index >= 15 is 0 Å². The first-order valence-corrected chi connectivity index (χ1v) is 4.90. The lowest BCUT2D eigenvalue weighted by molar-refractivity contribution is 0.412. The molecular formula is C12H22. The van der Waals surface area contributed by atoms with Crippen LogP contribution >= 0.6 is 0 Å². The van der Waals surface area contributed by atoms with Crippen LogP contribution in [0.3, 0.4) is 0 Å². The van der Waals surface area contributed by atoms with Crippen molar-refractivity contribution in [2.75, 3.05) is 0 Å². The SMILES string of the molecule is C=CC=C(CCC)C(C)(C)CC. The van der Waals surface area contributed by atoms with Crippen LogP contribution < -0.4 is 0 Å². The monoisotopic (exact) mass is 166 g/mol. The lowest BCUT2D eigenvalue weighted by atomic mass is 9.79. The van der Waals surface area contributed by atoms with Crippen molar-refractivity contribution in [3.63, 3.8) is 0 Å². The summed E-state index contributed by atoms with van der Waals surface area (Å²) in [7, 11) is 0. The molecule has 0 heteroatoms. The number of allylic oxidation sites excluding steroid dienone is 3. The first-order valence-electron chi connectivity index (χ1n) is 4.90. The minimum absolute atomic E-state index is 0.351. The summed E-state index contributed by atoms with van der Waals surface area (Å²) in [6.07, 6.45) is 7.71. The van der Waals surface area contributed by atoms with Gasteiger partial charge in [0.2, 0.25) is 0 Å². The molecule has 0 fully saturated rings. The van der Waals surface area contributed by atoms with E-state index in [0.717, 1.165) is 0 Å². The van der Waals surface area contributed by atoms with Crippen LogP contribution in [0.4, 0.5) is 0 Å². The van der Waals surface area contributed by atoms with Crippen molar-refractivity contribution >= 4 is 0 Å². The summed E-state index contributed by atoms with van der Waals surface area (Å²) in [6.45, 7) is 12.8. The molecule has 0 heterocycles. The molecule has 0 saturated heterocycles. The van der Waals surface area contributed by atoms with Gasteiger partial charge in [-0.15, -0.1) is 0 Å². The third-order valence-electron chi connectivity index (χ3n) is 2.59. The fraction of sp³-hybridized carbons (Fsp3) is 0.667. The highest BCUT2D eigenvalue weighted by molar-refractivity contribution is 5.17. The van der Waals surface area contributed by atoms with Gasteiger partial charge in [0.1, 0.15) is 0 Å². The smallest absolute Gasteiger partial charge is 0.0144 e. The van der Waals surface area contributed by atoms with Crippen LogP contribution in [0.25, 0.3) is 0 Å². The van der Waals surface area contributed by atoms with Crippen LogP contribution in [-0.2, 0) is 0 Å². The average Bonchev–Trinajstić information content (AvgIpc) is 2.04. The van der Waals surface area contributed by atoms with E-state index in [9.17, 15) is 0 Å². The summed E-state index contributed by atoms with van der Waals surface area (Å²) in [6, 6.07) is 0. The molecule has 0 aromatic carbocycles. The Hall–Kier alpha value is -0.520. The Balaban J connectivity index is 4.49. The topological polar surface area (TPSA) is 0 Å². The number of hydrogen-bond acceptors (Lipinski definition) is 0. The second kappa shape index (κ2) is 5.18. The Morgan fingerprint density at radius 3 is 2.25 bits per heavy atom. The Labute approximate surface area is 77.4 Å². The quantitative estimate of drug-likeness (QED) is 0.533. The van der Waals surface area contributed by atoms with Crippen LogP contribution in [0, 0.1) is 5.41 Å². The average molecular weight is 166 g/mol. The van der Waals surface area contributed by atoms with Crippen LogP contribution in [0.1, 0.15) is 47.0 Å². The summed E-state index contributed by atoms with van der Waals surface area (Å²) in [5.41, 5.74) is 1.88. The molecule has 0 rings (SSSR count). The van der Waals surface area contributed by atoms with Gasteiger partial charge in [0.15, 0.2) is 0 Å². The van der Waals surface area contributed by atoms with E-state index in [1.807, 2.05) is 6.08 Å². The maximum Gasteiger partial charge on any atom is -0.0144 e. The predicted molar refractivity (Wildman–Crippen MR) is 57.3 cm³/mol. The van der Waals surface area contributed by atoms with E-state index < -0.39 is 0 Å². The van der Waals surface area contributed by atoms with Gasteiger partial charge in [0.05, 0.1) is 0 Å². The molecule has 0 saturated carbocycles. The normalized spacial score (nSPS) is 13.2. The highest BCUT2D eigenvalue weighted by Crippen LogP contribution is 2.32. The first kappa shape index (κ1) is 11.5. The van der Waals surface area contributed by atoms with Crippen molar-refractivity contribution in [3.8, 4) is 0 Å². The van der Waals surface area contributed by atoms with Crippen molar-refractivity contribution in [2.45, 2.75) is 47.0 Å². The molecule has 0 aliphatic carbocycles. The molecule has 0 unspecified atom stereocenters. The van der Waals surface area contributed by atoms with Gasteiger partial charge in [-0.1, -0.05) is 58.4 Å². The fourth-order valence-electron chi connectivity index (χ4n) is 1.29. The largest absolute Gasteiger partial charge is 0.0991 e. The van der Waals surface area contributed by atoms with Crippen LogP contribution in [-0.4, -0.2) is 0 Å². The number of rotatable bonds is 5. The zero-order valence-corrected chi connectivity index (χ0v) is 8.98. The van der Waals surface area contributed by atoms with Crippen molar-refractivity contribution in [3.05, 3.63) is 24.3 Å². The zero-order chi connectivity index (χ0) is 9.61. The molecule has 0 bridgehead atoms. The fourth-order valence-corrected chi connectivity index (χ4v) is 1.29. The van der Waals surface area contributed by atoms with E-state index in [0.29, 0.717) is 5.41 Å². The molecule has 12 heavy (non-hydrogen) atoms. The van der Waals surface area contributed by atoms with Gasteiger partial charge in [0.25, 0.3) is 0 Å². The summed E-state index contributed by atoms with van der Waals surface area (Å²) in [5.74, 6) is 0. The lowest BCUT2D eigenvalue weighted by Gasteiger charge is -2.26. The van der Waals surface area contributed by atoms with Gasteiger partial charge in [-0.3, -0.25) is 0 Å². The lowest BCUT2D eigenvalue weighted by Crippen LogP contribution is -2.13. The Morgan fingerprint density at radius 2 is 1.92 bits per heavy atom. The van der Waals surface area contributed by atoms with E-state index in [1.165, 1.54) is 24.8 Å². The molecule has 0 N–H and O–H groups in total. The molecule has 0 radical (unpaired) electrons. The Morgan fingerprint density at radius 1 is 1.33 bits per heavy atom. The second-order valence-electron chi connectivity index (χ2n) is 3.92. The van der Waals surface area contributed by atoms with E-state index in [4.69, 9.17) is 0 Å². The molecule has 0 aromatic heterocycles. The second-order valence-corrected chi connectivity index (χ2v) is 3.92. The summed E-state index contributed by atoms with van der Waals surface area (Å²) >= 11 is 0. The molecule has 0 aromatic rings. The van der Waals surface area contributed by atoms with Gasteiger partial charge in [-0.2, -0.15) is 0 Å². The molecule has 70 valence electrons. The maximum absolute atomic E-state index is 3.75. The summed E-state index contributed by atoms with van der Waals surface area (Å²) < 4.78 is 0. The Kier molecular flexibility index (Phi) is 4.96. The Bertz CT molecular complexity index is 161. The van der Waals surface area contributed by atoms with E-state index in [1.54, 1.807) is 0 Å². The molecular weight excluding hydrogens is 144 g/mol. The van der Waals surface area contributed by atoms with Gasteiger partial charge in [-0.05, 0) is 18.3 Å². The minimum Gasteiger partial charge on any atom is -0.0991 e. The van der Waals surface area contributed by atoms with E-state index in [-0.39, 0.29) is 0 Å². The van der Waals surface area contributed by atoms with Gasteiger partial charge in [-0.25, -0.2) is 0 Å². The molecule has 0 spiro atoms. The summed E-state index contributed by atoms with van der Waals surface area (Å²) in [4.78, 5) is 0. The van der Waals surface area contributed by atoms with Crippen molar-refractivity contribution in [1.82, 2.24) is 0 Å². The third kappa shape index (κ3) is 3.25. The van der Waals surface area contributed by atoms with E-state index in [2.05, 4.69) is 40.3 Å². The van der Waals surface area contributed by atoms with Gasteiger partial charge in [0, 0.05) is 0 Å². The first-order chi connectivity index (χ1) is 5.58. The van der Waals surface area contributed by atoms with Crippen LogP contribution in [0.15, 0.2) is 24.3 Å². The number of hydrogen-bond donors (Lipinski definition) is 0. The highest BCUT2D eigenvalue weighted by atomic mass is 14.2. The zero-order valence-electron chi connectivity index (χ0n) is 8.98. The van der Waals surface area contributed by atoms with Crippen molar-refractivity contribution in [2.24, 2.45) is 5.41 Å². The predicted octanol–water partition coefficient (Wildman–Crippen LogP) is 4.34. The molecule has 0 atom stereocenters. The minimum atomic E-state index is 0.351. The van der Waals surface area contributed by atoms with Crippen LogP contribution in [0.2, 0.25) is 0 Å². The molecule has 0 nitrogen and oxygen atoms in total. The standard InChI is InChI=1S/C12H22/c1-6-9-11(10-7-2)12(4,5)8-3/h6,9H,1,7-8,10H2,2-5H3. The highest BCUT2D eigenvalue weighted by Gasteiger charge is 2.19. The third-order valence-corrected chi connectivity index (χ3v) is 2.59. The van der Waals surface area contributed by atoms with Crippen molar-refractivity contribution < 1.29 is 0 Å².